The van der Waals surface area contributed by atoms with Crippen molar-refractivity contribution < 1.29 is 9.53 Å². The van der Waals surface area contributed by atoms with Crippen LogP contribution in [0.5, 0.6) is 0 Å². The number of carbonyl (C=O) groups excluding carboxylic acids is 1. The summed E-state index contributed by atoms with van der Waals surface area (Å²) in [4.78, 5) is 11.2. The van der Waals surface area contributed by atoms with Crippen LogP contribution in [0.15, 0.2) is 18.2 Å². The van der Waals surface area contributed by atoms with Gasteiger partial charge in [0.1, 0.15) is 0 Å². The summed E-state index contributed by atoms with van der Waals surface area (Å²) in [5.41, 5.74) is 2.00. The minimum absolute atomic E-state index is 0.210. The van der Waals surface area contributed by atoms with Crippen LogP contribution in [-0.2, 0) is 22.4 Å². The van der Waals surface area contributed by atoms with Gasteiger partial charge in [0.2, 0.25) is 0 Å². The van der Waals surface area contributed by atoms with Gasteiger partial charge in [0.25, 0.3) is 0 Å². The Kier molecular flexibility index (Phi) is 4.63. The average Bonchev–Trinajstić information content (AvgIpc) is 2.18. The van der Waals surface area contributed by atoms with Gasteiger partial charge in [0.05, 0.1) is 13.0 Å². The number of carbonyl (C=O) groups is 1. The molecule has 1 rings (SSSR count). The van der Waals surface area contributed by atoms with Crippen LogP contribution in [0.2, 0.25) is 5.02 Å². The van der Waals surface area contributed by atoms with Crippen molar-refractivity contribution in [2.45, 2.75) is 26.7 Å². The molecule has 1 aromatic carbocycles. The van der Waals surface area contributed by atoms with Crippen molar-refractivity contribution in [2.24, 2.45) is 0 Å². The maximum atomic E-state index is 11.2. The van der Waals surface area contributed by atoms with Gasteiger partial charge in [-0.25, -0.2) is 0 Å². The number of hydrogen-bond acceptors (Lipinski definition) is 2. The Morgan fingerprint density at radius 2 is 2.13 bits per heavy atom. The van der Waals surface area contributed by atoms with Gasteiger partial charge in [-0.05, 0) is 30.5 Å². The summed E-state index contributed by atoms with van der Waals surface area (Å²) in [6.45, 7) is 4.26. The lowest BCUT2D eigenvalue weighted by Gasteiger charge is -2.05. The van der Waals surface area contributed by atoms with Gasteiger partial charge in [-0.2, -0.15) is 0 Å². The third kappa shape index (κ3) is 3.56. The summed E-state index contributed by atoms with van der Waals surface area (Å²) in [6.07, 6.45) is 1.19. The van der Waals surface area contributed by atoms with E-state index < -0.39 is 0 Å². The molecule has 3 heteroatoms. The third-order valence-electron chi connectivity index (χ3n) is 2.15. The SMILES string of the molecule is CCOC(=O)Cc1ccc(CC)c(Cl)c1. The molecule has 15 heavy (non-hydrogen) atoms. The van der Waals surface area contributed by atoms with Gasteiger partial charge < -0.3 is 4.74 Å². The first-order valence-corrected chi connectivity index (χ1v) is 5.48. The van der Waals surface area contributed by atoms with Gasteiger partial charge in [0.15, 0.2) is 0 Å². The highest BCUT2D eigenvalue weighted by Gasteiger charge is 2.05. The van der Waals surface area contributed by atoms with Crippen LogP contribution in [0.3, 0.4) is 0 Å². The first kappa shape index (κ1) is 12.1. The number of rotatable bonds is 4. The summed E-state index contributed by atoms with van der Waals surface area (Å²) in [7, 11) is 0. The van der Waals surface area contributed by atoms with E-state index in [9.17, 15) is 4.79 Å². The summed E-state index contributed by atoms with van der Waals surface area (Å²) in [5.74, 6) is -0.210. The van der Waals surface area contributed by atoms with Crippen molar-refractivity contribution >= 4 is 17.6 Å². The molecule has 0 saturated carbocycles. The highest BCUT2D eigenvalue weighted by Crippen LogP contribution is 2.18. The lowest BCUT2D eigenvalue weighted by Crippen LogP contribution is -2.07. The van der Waals surface area contributed by atoms with E-state index in [1.807, 2.05) is 25.1 Å². The Labute approximate surface area is 95.2 Å². The fraction of sp³-hybridized carbons (Fsp3) is 0.417. The largest absolute Gasteiger partial charge is 0.466 e. The molecule has 0 fully saturated rings. The molecule has 0 saturated heterocycles. The molecule has 2 nitrogen and oxygen atoms in total. The smallest absolute Gasteiger partial charge is 0.310 e. The van der Waals surface area contributed by atoms with Crippen LogP contribution in [0.1, 0.15) is 25.0 Å². The van der Waals surface area contributed by atoms with Gasteiger partial charge >= 0.3 is 5.97 Å². The van der Waals surface area contributed by atoms with Gasteiger partial charge in [-0.3, -0.25) is 4.79 Å². The van der Waals surface area contributed by atoms with Crippen LogP contribution in [0.25, 0.3) is 0 Å². The molecule has 0 heterocycles. The molecule has 1 aromatic rings. The zero-order valence-electron chi connectivity index (χ0n) is 9.05. The van der Waals surface area contributed by atoms with E-state index in [0.717, 1.165) is 22.6 Å². The molecule has 0 radical (unpaired) electrons. The van der Waals surface area contributed by atoms with Gasteiger partial charge in [0, 0.05) is 5.02 Å². The average molecular weight is 227 g/mol. The van der Waals surface area contributed by atoms with E-state index in [1.165, 1.54) is 0 Å². The second kappa shape index (κ2) is 5.76. The van der Waals surface area contributed by atoms with Gasteiger partial charge in [-0.1, -0.05) is 30.7 Å². The molecule has 0 N–H and O–H groups in total. The second-order valence-electron chi connectivity index (χ2n) is 3.26. The zero-order chi connectivity index (χ0) is 11.3. The van der Waals surface area contributed by atoms with Crippen molar-refractivity contribution in [1.29, 1.82) is 0 Å². The normalized spacial score (nSPS) is 10.1. The molecule has 0 aliphatic heterocycles. The second-order valence-corrected chi connectivity index (χ2v) is 3.67. The van der Waals surface area contributed by atoms with Crippen molar-refractivity contribution in [3.05, 3.63) is 34.3 Å². The summed E-state index contributed by atoms with van der Waals surface area (Å²) in [6, 6.07) is 5.70. The lowest BCUT2D eigenvalue weighted by molar-refractivity contribution is -0.142. The Hall–Kier alpha value is -1.02. The Balaban J connectivity index is 2.71. The summed E-state index contributed by atoms with van der Waals surface area (Å²) in [5, 5.41) is 0.722. The zero-order valence-corrected chi connectivity index (χ0v) is 9.80. The summed E-state index contributed by atoms with van der Waals surface area (Å²) < 4.78 is 4.86. The van der Waals surface area contributed by atoms with E-state index in [-0.39, 0.29) is 12.4 Å². The Morgan fingerprint density at radius 3 is 2.67 bits per heavy atom. The van der Waals surface area contributed by atoms with Gasteiger partial charge in [-0.15, -0.1) is 0 Å². The fourth-order valence-corrected chi connectivity index (χ4v) is 1.70. The van der Waals surface area contributed by atoms with Crippen LogP contribution in [-0.4, -0.2) is 12.6 Å². The Morgan fingerprint density at radius 1 is 1.40 bits per heavy atom. The number of esters is 1. The standard InChI is InChI=1S/C12H15ClO2/c1-3-10-6-5-9(7-11(10)13)8-12(14)15-4-2/h5-7H,3-4,8H2,1-2H3. The van der Waals surface area contributed by atoms with E-state index in [1.54, 1.807) is 6.92 Å². The summed E-state index contributed by atoms with van der Waals surface area (Å²) >= 11 is 6.04. The quantitative estimate of drug-likeness (QED) is 0.738. The van der Waals surface area contributed by atoms with Crippen LogP contribution < -0.4 is 0 Å². The topological polar surface area (TPSA) is 26.3 Å². The predicted octanol–water partition coefficient (Wildman–Crippen LogP) is 3.01. The maximum absolute atomic E-state index is 11.2. The Bertz CT molecular complexity index is 347. The maximum Gasteiger partial charge on any atom is 0.310 e. The van der Waals surface area contributed by atoms with Crippen molar-refractivity contribution in [3.63, 3.8) is 0 Å². The highest BCUT2D eigenvalue weighted by atomic mass is 35.5. The van der Waals surface area contributed by atoms with E-state index in [0.29, 0.717) is 6.61 Å². The molecule has 0 atom stereocenters. The first-order valence-electron chi connectivity index (χ1n) is 5.10. The molecule has 0 aliphatic rings. The highest BCUT2D eigenvalue weighted by molar-refractivity contribution is 6.31. The minimum atomic E-state index is -0.210. The molecular weight excluding hydrogens is 212 g/mol. The predicted molar refractivity (Wildman–Crippen MR) is 61.2 cm³/mol. The van der Waals surface area contributed by atoms with Crippen LogP contribution >= 0.6 is 11.6 Å². The molecule has 0 bridgehead atoms. The molecule has 0 aliphatic carbocycles. The molecule has 0 amide bonds. The fourth-order valence-electron chi connectivity index (χ4n) is 1.37. The van der Waals surface area contributed by atoms with Crippen LogP contribution in [0.4, 0.5) is 0 Å². The number of halogens is 1. The van der Waals surface area contributed by atoms with Crippen molar-refractivity contribution in [1.82, 2.24) is 0 Å². The molecular formula is C12H15ClO2. The van der Waals surface area contributed by atoms with E-state index in [4.69, 9.17) is 16.3 Å². The third-order valence-corrected chi connectivity index (χ3v) is 2.50. The molecule has 0 unspecified atom stereocenters. The number of hydrogen-bond donors (Lipinski definition) is 0. The van der Waals surface area contributed by atoms with Crippen LogP contribution in [0, 0.1) is 0 Å². The molecule has 0 spiro atoms. The van der Waals surface area contributed by atoms with Crippen molar-refractivity contribution in [2.75, 3.05) is 6.61 Å². The number of benzene rings is 1. The first-order chi connectivity index (χ1) is 7.17. The van der Waals surface area contributed by atoms with E-state index >= 15 is 0 Å². The number of aryl methyl sites for hydroxylation is 1. The number of ether oxygens (including phenoxy) is 1. The monoisotopic (exact) mass is 226 g/mol. The van der Waals surface area contributed by atoms with E-state index in [2.05, 4.69) is 0 Å². The minimum Gasteiger partial charge on any atom is -0.466 e. The lowest BCUT2D eigenvalue weighted by atomic mass is 10.1. The molecule has 82 valence electrons. The van der Waals surface area contributed by atoms with Crippen molar-refractivity contribution in [3.8, 4) is 0 Å². The molecule has 0 aromatic heterocycles.